The van der Waals surface area contributed by atoms with Gasteiger partial charge in [-0.2, -0.15) is 13.2 Å². The Kier molecular flexibility index (Phi) is 7.99. The van der Waals surface area contributed by atoms with E-state index in [1.54, 1.807) is 6.92 Å². The van der Waals surface area contributed by atoms with Gasteiger partial charge in [-0.3, -0.25) is 4.79 Å². The molecule has 2 N–H and O–H groups in total. The second kappa shape index (κ2) is 6.94. The maximum atomic E-state index is 11.1. The van der Waals surface area contributed by atoms with Gasteiger partial charge in [0.25, 0.3) is 0 Å². The average molecular weight is 185 g/mol. The summed E-state index contributed by atoms with van der Waals surface area (Å²) in [6.07, 6.45) is -3.98. The lowest BCUT2D eigenvalue weighted by molar-refractivity contribution is -0.134. The fourth-order valence-electron chi connectivity index (χ4n) is 0.283. The van der Waals surface area contributed by atoms with Crippen molar-refractivity contribution in [1.29, 1.82) is 0 Å². The third kappa shape index (κ3) is 22.8. The van der Waals surface area contributed by atoms with E-state index < -0.39 is 12.6 Å². The van der Waals surface area contributed by atoms with E-state index in [0.29, 0.717) is 6.42 Å². The highest BCUT2D eigenvalue weighted by Gasteiger charge is 2.24. The normalized spacial score (nSPS) is 10.1. The molecule has 0 aromatic heterocycles. The Bertz CT molecular complexity index is 122. The molecule has 74 valence electrons. The Morgan fingerprint density at radius 3 is 1.67 bits per heavy atom. The minimum absolute atomic E-state index is 0.184. The third-order valence-corrected chi connectivity index (χ3v) is 0.882. The van der Waals surface area contributed by atoms with Crippen LogP contribution in [0.15, 0.2) is 0 Å². The molecule has 0 atom stereocenters. The third-order valence-electron chi connectivity index (χ3n) is 0.882. The minimum Gasteiger partial charge on any atom is -0.370 e. The Balaban J connectivity index is 0. The summed E-state index contributed by atoms with van der Waals surface area (Å²) in [5.41, 5.74) is 4.65. The van der Waals surface area contributed by atoms with Gasteiger partial charge in [-0.05, 0) is 6.42 Å². The van der Waals surface area contributed by atoms with Crippen LogP contribution in [-0.4, -0.2) is 12.1 Å². The highest BCUT2D eigenvalue weighted by Crippen LogP contribution is 2.20. The summed E-state index contributed by atoms with van der Waals surface area (Å²) in [6.45, 7) is 3.23. The predicted octanol–water partition coefficient (Wildman–Crippen LogP) is 2.23. The Morgan fingerprint density at radius 1 is 1.33 bits per heavy atom. The lowest BCUT2D eigenvalue weighted by Gasteiger charge is -2.00. The molecule has 0 rings (SSSR count). The van der Waals surface area contributed by atoms with E-state index in [-0.39, 0.29) is 12.3 Å². The smallest absolute Gasteiger partial charge is 0.370 e. The molecule has 0 saturated heterocycles. The van der Waals surface area contributed by atoms with Crippen molar-refractivity contribution >= 4 is 5.91 Å². The molecule has 0 aromatic rings. The molecule has 0 radical (unpaired) electrons. The number of rotatable bonds is 2. The van der Waals surface area contributed by atoms with Gasteiger partial charge < -0.3 is 5.73 Å². The van der Waals surface area contributed by atoms with Gasteiger partial charge in [0.1, 0.15) is 0 Å². The van der Waals surface area contributed by atoms with E-state index in [4.69, 9.17) is 0 Å². The van der Waals surface area contributed by atoms with E-state index in [9.17, 15) is 18.0 Å². The summed E-state index contributed by atoms with van der Waals surface area (Å²) in [5.74, 6) is -0.245. The molecular formula is C7H14F3NO. The van der Waals surface area contributed by atoms with Gasteiger partial charge in [-0.15, -0.1) is 0 Å². The van der Waals surface area contributed by atoms with Crippen molar-refractivity contribution in [3.8, 4) is 0 Å². The molecule has 0 saturated carbocycles. The van der Waals surface area contributed by atoms with Crippen LogP contribution in [0.1, 0.15) is 33.1 Å². The number of halogens is 3. The molecule has 0 aliphatic heterocycles. The molecule has 0 bridgehead atoms. The van der Waals surface area contributed by atoms with Crippen molar-refractivity contribution in [2.24, 2.45) is 5.73 Å². The van der Waals surface area contributed by atoms with Crippen LogP contribution in [0.5, 0.6) is 0 Å². The fraction of sp³-hybridized carbons (Fsp3) is 0.857. The number of carbonyl (C=O) groups is 1. The maximum Gasteiger partial charge on any atom is 0.389 e. The zero-order valence-corrected chi connectivity index (χ0v) is 7.24. The topological polar surface area (TPSA) is 43.1 Å². The maximum absolute atomic E-state index is 11.1. The van der Waals surface area contributed by atoms with Crippen molar-refractivity contribution < 1.29 is 18.0 Å². The zero-order valence-electron chi connectivity index (χ0n) is 7.24. The van der Waals surface area contributed by atoms with E-state index >= 15 is 0 Å². The molecule has 0 aliphatic rings. The number of hydrogen-bond acceptors (Lipinski definition) is 1. The lowest BCUT2D eigenvalue weighted by atomic mass is 10.3. The first-order chi connectivity index (χ1) is 5.33. The molecule has 0 aliphatic carbocycles. The molecule has 0 spiro atoms. The van der Waals surface area contributed by atoms with Gasteiger partial charge in [0, 0.05) is 12.8 Å². The first-order valence-electron chi connectivity index (χ1n) is 3.68. The van der Waals surface area contributed by atoms with Crippen molar-refractivity contribution in [2.45, 2.75) is 39.3 Å². The first-order valence-corrected chi connectivity index (χ1v) is 3.68. The highest BCUT2D eigenvalue weighted by molar-refractivity contribution is 5.73. The van der Waals surface area contributed by atoms with Gasteiger partial charge in [0.15, 0.2) is 0 Å². The van der Waals surface area contributed by atoms with E-state index in [0.717, 1.165) is 0 Å². The molecule has 0 heterocycles. The van der Waals surface area contributed by atoms with Crippen LogP contribution in [0.25, 0.3) is 0 Å². The van der Waals surface area contributed by atoms with Crippen molar-refractivity contribution in [1.82, 2.24) is 0 Å². The second-order valence-electron chi connectivity index (χ2n) is 2.19. The van der Waals surface area contributed by atoms with Crippen LogP contribution in [0, 0.1) is 0 Å². The summed E-state index contributed by atoms with van der Waals surface area (Å²) in [5, 5.41) is 0. The van der Waals surface area contributed by atoms with Crippen molar-refractivity contribution in [2.75, 3.05) is 0 Å². The molecule has 0 fully saturated rings. The number of hydrogen-bond donors (Lipinski definition) is 1. The monoisotopic (exact) mass is 185 g/mol. The Morgan fingerprint density at radius 2 is 1.67 bits per heavy atom. The van der Waals surface area contributed by atoms with Crippen molar-refractivity contribution in [3.05, 3.63) is 0 Å². The number of alkyl halides is 3. The van der Waals surface area contributed by atoms with Crippen LogP contribution in [0.2, 0.25) is 0 Å². The van der Waals surface area contributed by atoms with E-state index in [1.165, 1.54) is 6.92 Å². The summed E-state index contributed by atoms with van der Waals surface area (Å²) >= 11 is 0. The van der Waals surface area contributed by atoms with Crippen molar-refractivity contribution in [3.63, 3.8) is 0 Å². The van der Waals surface area contributed by atoms with Crippen LogP contribution in [-0.2, 0) is 4.79 Å². The number of amides is 1. The summed E-state index contributed by atoms with van der Waals surface area (Å²) in [7, 11) is 0. The molecule has 0 unspecified atom stereocenters. The fourth-order valence-corrected chi connectivity index (χ4v) is 0.283. The quantitative estimate of drug-likeness (QED) is 0.704. The number of carbonyl (C=O) groups excluding carboxylic acids is 1. The average Bonchev–Trinajstić information content (AvgIpc) is 1.86. The summed E-state index contributed by atoms with van der Waals surface area (Å²) in [4.78, 5) is 9.59. The number of nitrogens with two attached hydrogens (primary N) is 1. The van der Waals surface area contributed by atoms with Gasteiger partial charge in [-0.25, -0.2) is 0 Å². The standard InChI is InChI=1S/C4H7F3.C3H7NO/c1-2-3-4(5,6)7;1-2-3(4)5/h2-3H2,1H3;2H2,1H3,(H2,4,5). The predicted molar refractivity (Wildman–Crippen MR) is 40.4 cm³/mol. The van der Waals surface area contributed by atoms with Crippen LogP contribution < -0.4 is 5.73 Å². The largest absolute Gasteiger partial charge is 0.389 e. The lowest BCUT2D eigenvalue weighted by Crippen LogP contribution is -2.06. The summed E-state index contributed by atoms with van der Waals surface area (Å²) in [6, 6.07) is 0. The van der Waals surface area contributed by atoms with Gasteiger partial charge >= 0.3 is 6.18 Å². The molecular weight excluding hydrogens is 171 g/mol. The van der Waals surface area contributed by atoms with Crippen LogP contribution >= 0.6 is 0 Å². The SMILES string of the molecule is CCC(N)=O.CCCC(F)(F)F. The van der Waals surface area contributed by atoms with E-state index in [2.05, 4.69) is 5.73 Å². The van der Waals surface area contributed by atoms with Gasteiger partial charge in [-0.1, -0.05) is 13.8 Å². The van der Waals surface area contributed by atoms with Gasteiger partial charge in [0.2, 0.25) is 5.91 Å². The second-order valence-corrected chi connectivity index (χ2v) is 2.19. The zero-order chi connectivity index (χ0) is 10.2. The molecule has 1 amide bonds. The Labute approximate surface area is 69.9 Å². The molecule has 12 heavy (non-hydrogen) atoms. The molecule has 0 aromatic carbocycles. The number of primary amides is 1. The van der Waals surface area contributed by atoms with Gasteiger partial charge in [0.05, 0.1) is 0 Å². The molecule has 2 nitrogen and oxygen atoms in total. The highest BCUT2D eigenvalue weighted by atomic mass is 19.4. The van der Waals surface area contributed by atoms with E-state index in [1.807, 2.05) is 0 Å². The van der Waals surface area contributed by atoms with Crippen LogP contribution in [0.4, 0.5) is 13.2 Å². The Hall–Kier alpha value is -0.740. The summed E-state index contributed by atoms with van der Waals surface area (Å²) < 4.78 is 33.2. The minimum atomic E-state index is -3.95. The van der Waals surface area contributed by atoms with Crippen LogP contribution in [0.3, 0.4) is 0 Å². The first kappa shape index (κ1) is 13.8. The molecule has 5 heteroatoms.